The lowest BCUT2D eigenvalue weighted by Crippen LogP contribution is -2.36. The molecular weight excluding hydrogens is 457 g/mol. The highest BCUT2D eigenvalue weighted by molar-refractivity contribution is 7.28. The largest absolute Gasteiger partial charge is 0.397 e. The smallest absolute Gasteiger partial charge is 0.276 e. The monoisotopic (exact) mass is 484 g/mol. The number of halogens is 2. The van der Waals surface area contributed by atoms with Gasteiger partial charge in [-0.3, -0.25) is 14.2 Å². The lowest BCUT2D eigenvalue weighted by Gasteiger charge is -2.37. The summed E-state index contributed by atoms with van der Waals surface area (Å²) in [5.74, 6) is -1.47. The van der Waals surface area contributed by atoms with Crippen molar-refractivity contribution in [2.24, 2.45) is 11.8 Å². The van der Waals surface area contributed by atoms with Gasteiger partial charge in [0.25, 0.3) is 5.91 Å². The Balaban J connectivity index is 1.63. The summed E-state index contributed by atoms with van der Waals surface area (Å²) in [5.41, 5.74) is 8.00. The maximum absolute atomic E-state index is 14.5. The summed E-state index contributed by atoms with van der Waals surface area (Å²) in [4.78, 5) is 21.7. The third-order valence-electron chi connectivity index (χ3n) is 6.57. The van der Waals surface area contributed by atoms with Crippen molar-refractivity contribution in [3.8, 4) is 11.3 Å². The summed E-state index contributed by atoms with van der Waals surface area (Å²) in [7, 11) is 2.46. The van der Waals surface area contributed by atoms with Gasteiger partial charge in [-0.2, -0.15) is 0 Å². The number of alkyl halides is 1. The first-order valence-corrected chi connectivity index (χ1v) is 11.7. The van der Waals surface area contributed by atoms with Gasteiger partial charge in [-0.15, -0.1) is 9.24 Å². The highest BCUT2D eigenvalue weighted by Crippen LogP contribution is 2.42. The third-order valence-corrected chi connectivity index (χ3v) is 7.05. The molecule has 1 amide bonds. The Labute approximate surface area is 199 Å². The lowest BCUT2D eigenvalue weighted by atomic mass is 9.71. The molecule has 1 aliphatic rings. The average molecular weight is 484 g/mol. The van der Waals surface area contributed by atoms with E-state index in [0.717, 1.165) is 5.56 Å². The number of aliphatic hydroxyl groups excluding tert-OH is 1. The van der Waals surface area contributed by atoms with Crippen LogP contribution in [-0.4, -0.2) is 33.8 Å². The van der Waals surface area contributed by atoms with Crippen LogP contribution >= 0.6 is 9.24 Å². The summed E-state index contributed by atoms with van der Waals surface area (Å²) in [6.07, 6.45) is 3.47. The van der Waals surface area contributed by atoms with Gasteiger partial charge in [0.15, 0.2) is 5.69 Å². The molecule has 0 spiro atoms. The molecule has 0 saturated heterocycles. The van der Waals surface area contributed by atoms with Crippen LogP contribution in [0.15, 0.2) is 48.8 Å². The first-order valence-electron chi connectivity index (χ1n) is 11.1. The van der Waals surface area contributed by atoms with Gasteiger partial charge in [0.05, 0.1) is 36.0 Å². The zero-order chi connectivity index (χ0) is 24.4. The summed E-state index contributed by atoms with van der Waals surface area (Å²) in [6, 6.07) is 9.54. The Bertz CT molecular complexity index is 1180. The quantitative estimate of drug-likeness (QED) is 0.474. The van der Waals surface area contributed by atoms with Crippen molar-refractivity contribution >= 4 is 31.8 Å². The van der Waals surface area contributed by atoms with Crippen LogP contribution in [0.4, 0.5) is 20.2 Å². The SMILES string of the molecule is C[C@H]1C[C@@H](c2ccncc2NC(=O)c2nc(-c3c(F)cccc3P)ccc2N)C[C@@H](O)[C@H]1CF. The number of nitrogen functional groups attached to an aromatic ring is 1. The molecule has 4 N–H and O–H groups in total. The fourth-order valence-corrected chi connectivity index (χ4v) is 5.12. The molecule has 9 heteroatoms. The normalized spacial score (nSPS) is 22.4. The topological polar surface area (TPSA) is 101 Å². The van der Waals surface area contributed by atoms with E-state index in [1.807, 2.05) is 6.92 Å². The Morgan fingerprint density at radius 1 is 1.26 bits per heavy atom. The van der Waals surface area contributed by atoms with Gasteiger partial charge in [-0.05, 0) is 59.8 Å². The third kappa shape index (κ3) is 4.79. The number of nitrogens with one attached hydrogen (secondary N) is 1. The maximum Gasteiger partial charge on any atom is 0.276 e. The van der Waals surface area contributed by atoms with Crippen molar-refractivity contribution in [3.05, 3.63) is 65.9 Å². The minimum absolute atomic E-state index is 0.00802. The number of aliphatic hydroxyl groups is 1. The Hall–Kier alpha value is -2.96. The first-order chi connectivity index (χ1) is 16.3. The number of anilines is 2. The van der Waals surface area contributed by atoms with Crippen molar-refractivity contribution in [1.82, 2.24) is 9.97 Å². The number of amides is 1. The number of carbonyl (C=O) groups excluding carboxylic acids is 1. The second kappa shape index (κ2) is 10.1. The average Bonchev–Trinajstić information content (AvgIpc) is 2.80. The molecule has 1 aliphatic carbocycles. The van der Waals surface area contributed by atoms with Crippen LogP contribution in [0.3, 0.4) is 0 Å². The maximum atomic E-state index is 14.5. The Morgan fingerprint density at radius 2 is 2.06 bits per heavy atom. The van der Waals surface area contributed by atoms with Crippen molar-refractivity contribution in [1.29, 1.82) is 0 Å². The standard InChI is InChI=1S/C25H27F2N4O2P/c1-13-9-14(10-21(32)16(13)11-26)15-7-8-29-12-20(15)31-25(33)24-18(28)5-6-19(30-24)23-17(27)3-2-4-22(23)34/h2-8,12-14,16,21,32H,9-11,28,34H2,1H3,(H,31,33)/t13-,14+,16-,21+/m0/s1. The van der Waals surface area contributed by atoms with Crippen LogP contribution in [0.1, 0.15) is 41.7 Å². The van der Waals surface area contributed by atoms with Gasteiger partial charge in [-0.1, -0.05) is 19.1 Å². The second-order valence-corrected chi connectivity index (χ2v) is 9.41. The van der Waals surface area contributed by atoms with Gasteiger partial charge in [0.2, 0.25) is 0 Å². The summed E-state index contributed by atoms with van der Waals surface area (Å²) in [6.45, 7) is 1.37. The Kier molecular flexibility index (Phi) is 7.19. The summed E-state index contributed by atoms with van der Waals surface area (Å²) < 4.78 is 27.8. The van der Waals surface area contributed by atoms with Crippen LogP contribution in [-0.2, 0) is 0 Å². The molecule has 0 radical (unpaired) electrons. The fourth-order valence-electron chi connectivity index (χ4n) is 4.72. The lowest BCUT2D eigenvalue weighted by molar-refractivity contribution is 0.0158. The zero-order valence-corrected chi connectivity index (χ0v) is 19.9. The van der Waals surface area contributed by atoms with Crippen molar-refractivity contribution in [3.63, 3.8) is 0 Å². The number of pyridine rings is 2. The molecule has 178 valence electrons. The van der Waals surface area contributed by atoms with E-state index in [0.29, 0.717) is 23.8 Å². The molecule has 3 aromatic rings. The van der Waals surface area contributed by atoms with Gasteiger partial charge in [-0.25, -0.2) is 9.37 Å². The molecule has 5 atom stereocenters. The molecule has 34 heavy (non-hydrogen) atoms. The van der Waals surface area contributed by atoms with Crippen LogP contribution in [0, 0.1) is 17.7 Å². The number of nitrogens with two attached hydrogens (primary N) is 1. The predicted molar refractivity (Wildman–Crippen MR) is 132 cm³/mol. The molecule has 6 nitrogen and oxygen atoms in total. The highest BCUT2D eigenvalue weighted by atomic mass is 31.0. The molecule has 1 saturated carbocycles. The molecule has 2 heterocycles. The van der Waals surface area contributed by atoms with E-state index < -0.39 is 24.5 Å². The molecular formula is C25H27F2N4O2P. The second-order valence-electron chi connectivity index (χ2n) is 8.79. The molecule has 0 bridgehead atoms. The van der Waals surface area contributed by atoms with E-state index in [1.165, 1.54) is 18.3 Å². The number of hydrogen-bond donors (Lipinski definition) is 3. The van der Waals surface area contributed by atoms with Crippen LogP contribution in [0.5, 0.6) is 0 Å². The van der Waals surface area contributed by atoms with Crippen LogP contribution in [0.2, 0.25) is 0 Å². The number of nitrogens with zero attached hydrogens (tertiary/aromatic N) is 2. The Morgan fingerprint density at radius 3 is 2.76 bits per heavy atom. The van der Waals surface area contributed by atoms with E-state index in [-0.39, 0.29) is 40.4 Å². The van der Waals surface area contributed by atoms with Crippen molar-refractivity contribution < 1.29 is 18.7 Å². The van der Waals surface area contributed by atoms with E-state index >= 15 is 0 Å². The first kappa shape index (κ1) is 24.2. The molecule has 0 aliphatic heterocycles. The van der Waals surface area contributed by atoms with Crippen molar-refractivity contribution in [2.75, 3.05) is 17.7 Å². The minimum atomic E-state index is -0.758. The van der Waals surface area contributed by atoms with Crippen LogP contribution in [0.25, 0.3) is 11.3 Å². The molecule has 2 aromatic heterocycles. The van der Waals surface area contributed by atoms with E-state index in [1.54, 1.807) is 30.5 Å². The molecule has 1 unspecified atom stereocenters. The number of hydrogen-bond acceptors (Lipinski definition) is 5. The zero-order valence-electron chi connectivity index (χ0n) is 18.7. The molecule has 1 fully saturated rings. The number of aromatic nitrogens is 2. The summed E-state index contributed by atoms with van der Waals surface area (Å²) >= 11 is 0. The van der Waals surface area contributed by atoms with E-state index in [2.05, 4.69) is 24.5 Å². The van der Waals surface area contributed by atoms with E-state index in [4.69, 9.17) is 5.73 Å². The molecule has 4 rings (SSSR count). The molecule has 1 aromatic carbocycles. The predicted octanol–water partition coefficient (Wildman–Crippen LogP) is 4.08. The fraction of sp³-hybridized carbons (Fsp3) is 0.320. The van der Waals surface area contributed by atoms with E-state index in [9.17, 15) is 18.7 Å². The number of benzene rings is 1. The van der Waals surface area contributed by atoms with Crippen molar-refractivity contribution in [2.45, 2.75) is 31.8 Å². The minimum Gasteiger partial charge on any atom is -0.397 e. The van der Waals surface area contributed by atoms with Gasteiger partial charge >= 0.3 is 0 Å². The number of rotatable bonds is 5. The number of carbonyl (C=O) groups is 1. The summed E-state index contributed by atoms with van der Waals surface area (Å²) in [5, 5.41) is 13.9. The van der Waals surface area contributed by atoms with Gasteiger partial charge in [0, 0.05) is 17.7 Å². The highest BCUT2D eigenvalue weighted by Gasteiger charge is 2.36. The van der Waals surface area contributed by atoms with Gasteiger partial charge < -0.3 is 16.2 Å². The van der Waals surface area contributed by atoms with Gasteiger partial charge in [0.1, 0.15) is 5.82 Å². The van der Waals surface area contributed by atoms with Crippen LogP contribution < -0.4 is 16.4 Å².